The van der Waals surface area contributed by atoms with E-state index in [4.69, 9.17) is 21.3 Å². The first kappa shape index (κ1) is 24.6. The van der Waals surface area contributed by atoms with Crippen LogP contribution in [-0.4, -0.2) is 39.7 Å². The zero-order chi connectivity index (χ0) is 24.2. The van der Waals surface area contributed by atoms with E-state index in [0.717, 1.165) is 22.2 Å². The lowest BCUT2D eigenvalue weighted by molar-refractivity contribution is 0.0182. The number of likely N-dealkylation sites (tertiary alicyclic amines) is 1. The fourth-order valence-electron chi connectivity index (χ4n) is 3.95. The summed E-state index contributed by atoms with van der Waals surface area (Å²) in [5, 5.41) is 10.7. The maximum Gasteiger partial charge on any atom is 0.410 e. The Balaban J connectivity index is 0.00000149. The number of piperidine rings is 1. The molecule has 1 aliphatic heterocycles. The number of imidazole rings is 1. The maximum absolute atomic E-state index is 12.4. The van der Waals surface area contributed by atoms with Gasteiger partial charge in [-0.3, -0.25) is 0 Å². The Hall–Kier alpha value is -3.04. The molecule has 0 bridgehead atoms. The number of hydrogen-bond acceptors (Lipinski definition) is 4. The Morgan fingerprint density at radius 3 is 2.39 bits per heavy atom. The van der Waals surface area contributed by atoms with Crippen molar-refractivity contribution in [2.24, 2.45) is 0 Å². The van der Waals surface area contributed by atoms with Gasteiger partial charge in [0.2, 0.25) is 0 Å². The molecule has 0 spiro atoms. The number of H-pyrrole nitrogens is 1. The van der Waals surface area contributed by atoms with E-state index in [-0.39, 0.29) is 6.09 Å². The zero-order valence-electron chi connectivity index (χ0n) is 19.9. The molecular weight excluding hydrogens is 436 g/mol. The van der Waals surface area contributed by atoms with Crippen molar-refractivity contribution in [2.45, 2.75) is 58.5 Å². The van der Waals surface area contributed by atoms with Crippen molar-refractivity contribution >= 4 is 28.7 Å². The lowest BCUT2D eigenvalue weighted by Crippen LogP contribution is -2.46. The van der Waals surface area contributed by atoms with E-state index in [1.54, 1.807) is 4.90 Å². The Bertz CT molecular complexity index is 1150. The summed E-state index contributed by atoms with van der Waals surface area (Å²) in [6, 6.07) is 16.1. The van der Waals surface area contributed by atoms with Crippen LogP contribution in [0.25, 0.3) is 22.2 Å². The van der Waals surface area contributed by atoms with Crippen LogP contribution in [0.3, 0.4) is 0 Å². The highest BCUT2D eigenvalue weighted by Gasteiger charge is 2.41. The van der Waals surface area contributed by atoms with Gasteiger partial charge in [0.1, 0.15) is 16.8 Å². The summed E-state index contributed by atoms with van der Waals surface area (Å²) >= 11 is 6.37. The Morgan fingerprint density at radius 1 is 1.18 bits per heavy atom. The molecule has 1 fully saturated rings. The third-order valence-electron chi connectivity index (χ3n) is 5.57. The van der Waals surface area contributed by atoms with Gasteiger partial charge in [-0.2, -0.15) is 5.26 Å². The number of halogens is 1. The first-order valence-corrected chi connectivity index (χ1v) is 11.7. The predicted octanol–water partition coefficient (Wildman–Crippen LogP) is 6.70. The Labute approximate surface area is 200 Å². The number of aromatic nitrogens is 2. The van der Waals surface area contributed by atoms with Crippen LogP contribution in [0.2, 0.25) is 5.02 Å². The quantitative estimate of drug-likeness (QED) is 0.455. The van der Waals surface area contributed by atoms with Crippen molar-refractivity contribution in [3.05, 3.63) is 53.3 Å². The van der Waals surface area contributed by atoms with Crippen molar-refractivity contribution in [3.63, 3.8) is 0 Å². The van der Waals surface area contributed by atoms with Crippen LogP contribution in [0.5, 0.6) is 0 Å². The lowest BCUT2D eigenvalue weighted by atomic mass is 9.79. The minimum atomic E-state index is -0.794. The standard InChI is InChI=1S/C24H25ClN4O2.C2H6/c1-23(2,3)31-22(30)29-11-9-24(15-26,10-12-29)21-27-19-14-17(25)13-18(20(19)28-21)16-7-5-4-6-8-16;1-2/h4-8,13-14H,9-12H2,1-3H3,(H,27,28);1-2H3. The normalized spacial score (nSPS) is 15.4. The van der Waals surface area contributed by atoms with Crippen molar-refractivity contribution in [3.8, 4) is 17.2 Å². The van der Waals surface area contributed by atoms with Gasteiger partial charge in [-0.05, 0) is 51.3 Å². The molecule has 1 amide bonds. The van der Waals surface area contributed by atoms with Crippen LogP contribution in [0.1, 0.15) is 53.3 Å². The smallest absolute Gasteiger partial charge is 0.410 e. The molecule has 4 rings (SSSR count). The van der Waals surface area contributed by atoms with Crippen LogP contribution < -0.4 is 0 Å². The first-order chi connectivity index (χ1) is 15.7. The number of amides is 1. The number of carbonyl (C=O) groups is 1. The van der Waals surface area contributed by atoms with Crippen molar-refractivity contribution in [1.82, 2.24) is 14.9 Å². The molecule has 0 saturated carbocycles. The number of carbonyl (C=O) groups excluding carboxylic acids is 1. The highest BCUT2D eigenvalue weighted by Crippen LogP contribution is 2.37. The highest BCUT2D eigenvalue weighted by molar-refractivity contribution is 6.31. The van der Waals surface area contributed by atoms with Crippen LogP contribution in [-0.2, 0) is 10.2 Å². The van der Waals surface area contributed by atoms with Crippen LogP contribution in [0.4, 0.5) is 4.79 Å². The van der Waals surface area contributed by atoms with Gasteiger partial charge in [0.15, 0.2) is 0 Å². The highest BCUT2D eigenvalue weighted by atomic mass is 35.5. The largest absolute Gasteiger partial charge is 0.444 e. The van der Waals surface area contributed by atoms with E-state index in [0.29, 0.717) is 36.8 Å². The monoisotopic (exact) mass is 466 g/mol. The van der Waals surface area contributed by atoms with Gasteiger partial charge in [-0.25, -0.2) is 9.78 Å². The molecule has 3 aromatic rings. The molecule has 1 saturated heterocycles. The number of fused-ring (bicyclic) bond motifs is 1. The van der Waals surface area contributed by atoms with Gasteiger partial charge in [0.25, 0.3) is 0 Å². The predicted molar refractivity (Wildman–Crippen MR) is 132 cm³/mol. The number of nitrogens with one attached hydrogen (secondary N) is 1. The number of benzene rings is 2. The second-order valence-electron chi connectivity index (χ2n) is 8.96. The Morgan fingerprint density at radius 2 is 1.82 bits per heavy atom. The molecule has 1 aliphatic rings. The lowest BCUT2D eigenvalue weighted by Gasteiger charge is -2.36. The van der Waals surface area contributed by atoms with E-state index in [1.165, 1.54) is 0 Å². The average molecular weight is 467 g/mol. The zero-order valence-corrected chi connectivity index (χ0v) is 20.7. The summed E-state index contributed by atoms with van der Waals surface area (Å²) in [6.45, 7) is 10.4. The minimum absolute atomic E-state index is 0.346. The first-order valence-electron chi connectivity index (χ1n) is 11.4. The van der Waals surface area contributed by atoms with E-state index >= 15 is 0 Å². The fourth-order valence-corrected chi connectivity index (χ4v) is 4.16. The Kier molecular flexibility index (Phi) is 7.34. The number of rotatable bonds is 2. The van der Waals surface area contributed by atoms with Crippen LogP contribution in [0, 0.1) is 11.3 Å². The fraction of sp³-hybridized carbons (Fsp3) is 0.423. The van der Waals surface area contributed by atoms with Crippen molar-refractivity contribution in [2.75, 3.05) is 13.1 Å². The molecule has 2 heterocycles. The van der Waals surface area contributed by atoms with E-state index in [9.17, 15) is 10.1 Å². The van der Waals surface area contributed by atoms with Gasteiger partial charge in [-0.15, -0.1) is 0 Å². The maximum atomic E-state index is 12.4. The number of aromatic amines is 1. The van der Waals surface area contributed by atoms with Crippen molar-refractivity contribution < 1.29 is 9.53 Å². The summed E-state index contributed by atoms with van der Waals surface area (Å²) in [5.74, 6) is 0.619. The summed E-state index contributed by atoms with van der Waals surface area (Å²) in [6.07, 6.45) is 0.621. The van der Waals surface area contributed by atoms with Gasteiger partial charge in [0.05, 0.1) is 17.1 Å². The average Bonchev–Trinajstić information content (AvgIpc) is 3.24. The van der Waals surface area contributed by atoms with E-state index < -0.39 is 11.0 Å². The summed E-state index contributed by atoms with van der Waals surface area (Å²) < 4.78 is 5.48. The molecule has 0 radical (unpaired) electrons. The van der Waals surface area contributed by atoms with Crippen molar-refractivity contribution in [1.29, 1.82) is 5.26 Å². The third kappa shape index (κ3) is 5.31. The number of hydrogen-bond donors (Lipinski definition) is 1. The molecular formula is C26H31ClN4O2. The van der Waals surface area contributed by atoms with Gasteiger partial charge < -0.3 is 14.6 Å². The number of nitriles is 1. The SMILES string of the molecule is CC.CC(C)(C)OC(=O)N1CCC(C#N)(c2nc3c(-c4ccccc4)cc(Cl)cc3[nH]2)CC1. The van der Waals surface area contributed by atoms with Crippen LogP contribution in [0.15, 0.2) is 42.5 Å². The van der Waals surface area contributed by atoms with E-state index in [1.807, 2.05) is 77.1 Å². The van der Waals surface area contributed by atoms with E-state index in [2.05, 4.69) is 11.1 Å². The molecule has 2 aromatic carbocycles. The molecule has 6 nitrogen and oxygen atoms in total. The topological polar surface area (TPSA) is 82.0 Å². The second kappa shape index (κ2) is 9.84. The minimum Gasteiger partial charge on any atom is -0.444 e. The summed E-state index contributed by atoms with van der Waals surface area (Å²) in [5.41, 5.74) is 2.18. The van der Waals surface area contributed by atoms with Gasteiger partial charge in [-0.1, -0.05) is 55.8 Å². The molecule has 1 N–H and O–H groups in total. The molecule has 1 aromatic heterocycles. The molecule has 0 unspecified atom stereocenters. The van der Waals surface area contributed by atoms with Crippen LogP contribution >= 0.6 is 11.6 Å². The summed E-state index contributed by atoms with van der Waals surface area (Å²) in [7, 11) is 0. The van der Waals surface area contributed by atoms with Gasteiger partial charge in [0, 0.05) is 23.7 Å². The molecule has 7 heteroatoms. The van der Waals surface area contributed by atoms with Gasteiger partial charge >= 0.3 is 6.09 Å². The third-order valence-corrected chi connectivity index (χ3v) is 5.79. The number of nitrogens with zero attached hydrogens (tertiary/aromatic N) is 3. The molecule has 33 heavy (non-hydrogen) atoms. The molecule has 0 atom stereocenters. The summed E-state index contributed by atoms with van der Waals surface area (Å²) in [4.78, 5) is 22.3. The molecule has 174 valence electrons. The molecule has 0 aliphatic carbocycles. The second-order valence-corrected chi connectivity index (χ2v) is 9.40. The number of ether oxygens (including phenoxy) is 1.